The summed E-state index contributed by atoms with van der Waals surface area (Å²) in [5.41, 5.74) is 1.78. The van der Waals surface area contributed by atoms with E-state index in [2.05, 4.69) is 21.2 Å². The van der Waals surface area contributed by atoms with E-state index in [1.54, 1.807) is 6.92 Å². The van der Waals surface area contributed by atoms with Gasteiger partial charge in [-0.1, -0.05) is 6.07 Å². The second-order valence-electron chi connectivity index (χ2n) is 5.07. The van der Waals surface area contributed by atoms with Crippen molar-refractivity contribution in [3.8, 4) is 0 Å². The first-order valence-corrected chi connectivity index (χ1v) is 7.93. The molecule has 0 aliphatic carbocycles. The van der Waals surface area contributed by atoms with Crippen LogP contribution < -0.4 is 10.2 Å². The smallest absolute Gasteiger partial charge is 0.245 e. The highest BCUT2D eigenvalue weighted by molar-refractivity contribution is 9.10. The minimum absolute atomic E-state index is 0.0243. The first-order chi connectivity index (χ1) is 10.0. The third-order valence-corrected chi connectivity index (χ3v) is 4.18. The molecule has 2 N–H and O–H groups in total. The van der Waals surface area contributed by atoms with Crippen molar-refractivity contribution >= 4 is 27.5 Å². The molecular formula is C15H21BrN2O3. The van der Waals surface area contributed by atoms with E-state index in [-0.39, 0.29) is 11.9 Å². The Hall–Kier alpha value is -1.11. The number of halogens is 1. The lowest BCUT2D eigenvalue weighted by molar-refractivity contribution is -0.124. The number of carbonyl (C=O) groups excluding carboxylic acids is 1. The van der Waals surface area contributed by atoms with Crippen LogP contribution in [0.15, 0.2) is 22.7 Å². The van der Waals surface area contributed by atoms with Gasteiger partial charge in [0.15, 0.2) is 0 Å². The van der Waals surface area contributed by atoms with E-state index in [0.717, 1.165) is 15.7 Å². The van der Waals surface area contributed by atoms with Gasteiger partial charge in [0.1, 0.15) is 6.04 Å². The summed E-state index contributed by atoms with van der Waals surface area (Å²) >= 11 is 3.54. The van der Waals surface area contributed by atoms with Gasteiger partial charge in [-0.25, -0.2) is 0 Å². The van der Waals surface area contributed by atoms with Gasteiger partial charge in [-0.2, -0.15) is 0 Å². The summed E-state index contributed by atoms with van der Waals surface area (Å²) in [5, 5.41) is 12.5. The molecule has 1 fully saturated rings. The Morgan fingerprint density at radius 1 is 1.62 bits per heavy atom. The number of morpholine rings is 1. The summed E-state index contributed by atoms with van der Waals surface area (Å²) in [7, 11) is 0. The summed E-state index contributed by atoms with van der Waals surface area (Å²) in [5.74, 6) is -0.0243. The van der Waals surface area contributed by atoms with Crippen LogP contribution in [0.4, 0.5) is 5.69 Å². The topological polar surface area (TPSA) is 61.8 Å². The lowest BCUT2D eigenvalue weighted by atomic mass is 10.1. The van der Waals surface area contributed by atoms with E-state index in [4.69, 9.17) is 4.74 Å². The normalized spacial score (nSPS) is 20.2. The molecule has 21 heavy (non-hydrogen) atoms. The maximum atomic E-state index is 12.2. The number of nitrogens with one attached hydrogen (secondary N) is 1. The summed E-state index contributed by atoms with van der Waals surface area (Å²) in [6.07, 6.45) is -0.515. The third-order valence-electron chi connectivity index (χ3n) is 3.55. The van der Waals surface area contributed by atoms with Crippen LogP contribution in [0.1, 0.15) is 25.5 Å². The number of anilines is 1. The highest BCUT2D eigenvalue weighted by Crippen LogP contribution is 2.31. The zero-order valence-electron chi connectivity index (χ0n) is 12.3. The minimum Gasteiger partial charge on any atom is -0.389 e. The van der Waals surface area contributed by atoms with Crippen LogP contribution in [0, 0.1) is 0 Å². The third kappa shape index (κ3) is 3.75. The van der Waals surface area contributed by atoms with Crippen molar-refractivity contribution in [1.82, 2.24) is 5.32 Å². The van der Waals surface area contributed by atoms with Gasteiger partial charge in [0.05, 0.1) is 25.0 Å². The predicted octanol–water partition coefficient (Wildman–Crippen LogP) is 1.84. The number of aliphatic hydroxyl groups excluding tert-OH is 1. The zero-order chi connectivity index (χ0) is 15.4. The lowest BCUT2D eigenvalue weighted by Gasteiger charge is -2.37. The number of aliphatic hydroxyl groups is 1. The fourth-order valence-electron chi connectivity index (χ4n) is 2.42. The average molecular weight is 357 g/mol. The Morgan fingerprint density at radius 2 is 2.38 bits per heavy atom. The number of nitrogens with zero attached hydrogens (tertiary/aromatic N) is 1. The SMILES string of the molecule is CCNC(=O)C1COCCN1c1ccc([C@H](C)O)cc1Br. The van der Waals surface area contributed by atoms with Gasteiger partial charge in [-0.05, 0) is 47.5 Å². The van der Waals surface area contributed by atoms with Crippen LogP contribution in [-0.2, 0) is 9.53 Å². The Kier molecular flexibility index (Phi) is 5.61. The van der Waals surface area contributed by atoms with Crippen molar-refractivity contribution in [2.45, 2.75) is 26.0 Å². The van der Waals surface area contributed by atoms with Crippen LogP contribution in [0.5, 0.6) is 0 Å². The van der Waals surface area contributed by atoms with Gasteiger partial charge in [0.2, 0.25) is 5.91 Å². The molecule has 2 atom stereocenters. The lowest BCUT2D eigenvalue weighted by Crippen LogP contribution is -2.54. The minimum atomic E-state index is -0.515. The molecule has 0 radical (unpaired) electrons. The largest absolute Gasteiger partial charge is 0.389 e. The second kappa shape index (κ2) is 7.24. The summed E-state index contributed by atoms with van der Waals surface area (Å²) in [6, 6.07) is 5.38. The van der Waals surface area contributed by atoms with Crippen LogP contribution in [-0.4, -0.2) is 43.4 Å². The number of hydrogen-bond donors (Lipinski definition) is 2. The van der Waals surface area contributed by atoms with E-state index in [9.17, 15) is 9.90 Å². The molecule has 0 saturated carbocycles. The molecule has 1 aromatic rings. The number of likely N-dealkylation sites (N-methyl/N-ethyl adjacent to an activating group) is 1. The molecule has 0 spiro atoms. The Balaban J connectivity index is 2.27. The first-order valence-electron chi connectivity index (χ1n) is 7.14. The molecule has 0 bridgehead atoms. The molecule has 1 aromatic carbocycles. The van der Waals surface area contributed by atoms with Crippen LogP contribution in [0.25, 0.3) is 0 Å². The van der Waals surface area contributed by atoms with Crippen molar-refractivity contribution in [2.24, 2.45) is 0 Å². The van der Waals surface area contributed by atoms with Gasteiger partial charge in [0.25, 0.3) is 0 Å². The number of carbonyl (C=O) groups is 1. The number of hydrogen-bond acceptors (Lipinski definition) is 4. The first kappa shape index (κ1) is 16.3. The van der Waals surface area contributed by atoms with Gasteiger partial charge < -0.3 is 20.1 Å². The van der Waals surface area contributed by atoms with Crippen molar-refractivity contribution in [2.75, 3.05) is 31.2 Å². The van der Waals surface area contributed by atoms with Crippen LogP contribution in [0.2, 0.25) is 0 Å². The number of ether oxygens (including phenoxy) is 1. The van der Waals surface area contributed by atoms with E-state index in [1.807, 2.05) is 30.0 Å². The van der Waals surface area contributed by atoms with Crippen molar-refractivity contribution in [3.05, 3.63) is 28.2 Å². The van der Waals surface area contributed by atoms with Crippen molar-refractivity contribution in [1.29, 1.82) is 0 Å². The van der Waals surface area contributed by atoms with Gasteiger partial charge >= 0.3 is 0 Å². The Morgan fingerprint density at radius 3 is 3.00 bits per heavy atom. The van der Waals surface area contributed by atoms with Crippen LogP contribution in [0.3, 0.4) is 0 Å². The molecule has 116 valence electrons. The molecule has 5 nitrogen and oxygen atoms in total. The molecule has 1 aliphatic heterocycles. The van der Waals surface area contributed by atoms with Crippen molar-refractivity contribution < 1.29 is 14.6 Å². The maximum Gasteiger partial charge on any atom is 0.245 e. The molecule has 1 heterocycles. The maximum absolute atomic E-state index is 12.2. The quantitative estimate of drug-likeness (QED) is 0.863. The monoisotopic (exact) mass is 356 g/mol. The van der Waals surface area contributed by atoms with E-state index >= 15 is 0 Å². The molecule has 1 amide bonds. The fourth-order valence-corrected chi connectivity index (χ4v) is 3.04. The molecule has 0 aromatic heterocycles. The average Bonchev–Trinajstić information content (AvgIpc) is 2.47. The molecule has 2 rings (SSSR count). The standard InChI is InChI=1S/C15H21BrN2O3/c1-3-17-15(20)14-9-21-7-6-18(14)13-5-4-11(10(2)19)8-12(13)16/h4-5,8,10,14,19H,3,6-7,9H2,1-2H3,(H,17,20)/t10-,14?/m0/s1. The predicted molar refractivity (Wildman–Crippen MR) is 85.4 cm³/mol. The number of rotatable bonds is 4. The summed E-state index contributed by atoms with van der Waals surface area (Å²) < 4.78 is 6.32. The highest BCUT2D eigenvalue weighted by atomic mass is 79.9. The zero-order valence-corrected chi connectivity index (χ0v) is 13.9. The Bertz CT molecular complexity index is 508. The van der Waals surface area contributed by atoms with Crippen LogP contribution >= 0.6 is 15.9 Å². The molecular weight excluding hydrogens is 336 g/mol. The molecule has 1 aliphatic rings. The number of benzene rings is 1. The van der Waals surface area contributed by atoms with Gasteiger partial charge in [-0.3, -0.25) is 4.79 Å². The fraction of sp³-hybridized carbons (Fsp3) is 0.533. The summed E-state index contributed by atoms with van der Waals surface area (Å²) in [4.78, 5) is 14.2. The van der Waals surface area contributed by atoms with Gasteiger partial charge in [-0.15, -0.1) is 0 Å². The van der Waals surface area contributed by atoms with Gasteiger partial charge in [0, 0.05) is 17.6 Å². The highest BCUT2D eigenvalue weighted by Gasteiger charge is 2.30. The van der Waals surface area contributed by atoms with E-state index < -0.39 is 6.10 Å². The van der Waals surface area contributed by atoms with E-state index in [0.29, 0.717) is 26.3 Å². The Labute approximate surface area is 133 Å². The summed E-state index contributed by atoms with van der Waals surface area (Å²) in [6.45, 7) is 5.88. The second-order valence-corrected chi connectivity index (χ2v) is 5.92. The molecule has 6 heteroatoms. The van der Waals surface area contributed by atoms with E-state index in [1.165, 1.54) is 0 Å². The molecule has 1 unspecified atom stereocenters. The number of amides is 1. The van der Waals surface area contributed by atoms with Crippen molar-refractivity contribution in [3.63, 3.8) is 0 Å². The molecule has 1 saturated heterocycles.